The molecule has 2 heterocycles. The number of rotatable bonds is 4. The zero-order valence-electron chi connectivity index (χ0n) is 20.8. The maximum Gasteiger partial charge on any atom is 0.257 e. The Labute approximate surface area is 221 Å². The number of fused-ring (bicyclic) bond motifs is 1. The van der Waals surface area contributed by atoms with Gasteiger partial charge in [0.2, 0.25) is 0 Å². The lowest BCUT2D eigenvalue weighted by atomic mass is 10.1. The molecular formula is C28H29Cl2N5O. The van der Waals surface area contributed by atoms with Gasteiger partial charge in [-0.2, -0.15) is 0 Å². The summed E-state index contributed by atoms with van der Waals surface area (Å²) in [6.07, 6.45) is 0. The first kappa shape index (κ1) is 24.6. The number of H-pyrrole nitrogens is 1. The van der Waals surface area contributed by atoms with E-state index in [1.807, 2.05) is 55.5 Å². The van der Waals surface area contributed by atoms with Crippen LogP contribution < -0.4 is 10.2 Å². The highest BCUT2D eigenvalue weighted by molar-refractivity contribution is 6.34. The van der Waals surface area contributed by atoms with Crippen LogP contribution in [0.3, 0.4) is 0 Å². The summed E-state index contributed by atoms with van der Waals surface area (Å²) in [6, 6.07) is 17.9. The fourth-order valence-electron chi connectivity index (χ4n) is 4.76. The van der Waals surface area contributed by atoms with Crippen LogP contribution in [0.15, 0.2) is 54.6 Å². The molecule has 1 aromatic heterocycles. The molecule has 1 aliphatic heterocycles. The number of imidazole rings is 1. The first-order valence-corrected chi connectivity index (χ1v) is 12.8. The van der Waals surface area contributed by atoms with Gasteiger partial charge in [-0.3, -0.25) is 9.69 Å². The Bertz CT molecular complexity index is 1440. The van der Waals surface area contributed by atoms with Gasteiger partial charge in [-0.1, -0.05) is 29.3 Å². The van der Waals surface area contributed by atoms with Gasteiger partial charge in [-0.15, -0.1) is 0 Å². The lowest BCUT2D eigenvalue weighted by Gasteiger charge is -2.43. The Morgan fingerprint density at radius 2 is 1.78 bits per heavy atom. The molecule has 2 N–H and O–H groups in total. The van der Waals surface area contributed by atoms with Crippen LogP contribution >= 0.6 is 23.2 Å². The molecule has 8 heteroatoms. The first-order valence-electron chi connectivity index (χ1n) is 12.0. The van der Waals surface area contributed by atoms with E-state index in [0.29, 0.717) is 33.4 Å². The standard InChI is InChI=1S/C28H29Cl2N5O/c1-16-5-7-20(12-23(16)27-32-25-10-6-19(29)11-26(25)33-27)31-28(36)22-9-8-21(13-24(22)30)35-14-17(2)34(4)18(3)15-35/h5-13,17-18H,14-15H2,1-4H3,(H,31,36)(H,32,33)/t17-,18+. The third kappa shape index (κ3) is 4.81. The van der Waals surface area contributed by atoms with Crippen LogP contribution in [0.25, 0.3) is 22.4 Å². The Kier molecular flexibility index (Phi) is 6.68. The summed E-state index contributed by atoms with van der Waals surface area (Å²) < 4.78 is 0. The Morgan fingerprint density at radius 3 is 2.50 bits per heavy atom. The number of hydrogen-bond acceptors (Lipinski definition) is 4. The first-order chi connectivity index (χ1) is 17.2. The van der Waals surface area contributed by atoms with E-state index in [-0.39, 0.29) is 5.91 Å². The van der Waals surface area contributed by atoms with Crippen LogP contribution in [0.4, 0.5) is 11.4 Å². The van der Waals surface area contributed by atoms with Crippen molar-refractivity contribution in [2.24, 2.45) is 0 Å². The number of amides is 1. The number of carbonyl (C=O) groups is 1. The largest absolute Gasteiger partial charge is 0.368 e. The second-order valence-electron chi connectivity index (χ2n) is 9.66. The van der Waals surface area contributed by atoms with E-state index in [1.54, 1.807) is 6.07 Å². The number of carbonyl (C=O) groups excluding carboxylic acids is 1. The van der Waals surface area contributed by atoms with E-state index in [0.717, 1.165) is 46.8 Å². The van der Waals surface area contributed by atoms with Gasteiger partial charge in [0.15, 0.2) is 0 Å². The predicted octanol–water partition coefficient (Wildman–Crippen LogP) is 6.63. The van der Waals surface area contributed by atoms with E-state index in [4.69, 9.17) is 28.2 Å². The van der Waals surface area contributed by atoms with Crippen LogP contribution in [0, 0.1) is 6.92 Å². The molecule has 3 aromatic carbocycles. The monoisotopic (exact) mass is 521 g/mol. The highest BCUT2D eigenvalue weighted by Crippen LogP contribution is 2.30. The molecule has 1 fully saturated rings. The summed E-state index contributed by atoms with van der Waals surface area (Å²) in [5, 5.41) is 4.08. The highest BCUT2D eigenvalue weighted by Gasteiger charge is 2.27. The number of aryl methyl sites for hydroxylation is 1. The summed E-state index contributed by atoms with van der Waals surface area (Å²) in [6.45, 7) is 8.30. The summed E-state index contributed by atoms with van der Waals surface area (Å²) in [4.78, 5) is 25.9. The van der Waals surface area contributed by atoms with Crippen LogP contribution in [-0.4, -0.2) is 53.0 Å². The number of nitrogens with zero attached hydrogens (tertiary/aromatic N) is 3. The average Bonchev–Trinajstić information content (AvgIpc) is 3.26. The zero-order chi connectivity index (χ0) is 25.6. The number of anilines is 2. The summed E-state index contributed by atoms with van der Waals surface area (Å²) in [5.74, 6) is 0.469. The molecule has 36 heavy (non-hydrogen) atoms. The van der Waals surface area contributed by atoms with Crippen molar-refractivity contribution >= 4 is 51.5 Å². The van der Waals surface area contributed by atoms with Crippen molar-refractivity contribution < 1.29 is 4.79 Å². The number of aromatic amines is 1. The van der Waals surface area contributed by atoms with E-state index < -0.39 is 0 Å². The number of likely N-dealkylation sites (N-methyl/N-ethyl adjacent to an activating group) is 1. The number of piperazine rings is 1. The molecule has 5 rings (SSSR count). The molecule has 6 nitrogen and oxygen atoms in total. The third-order valence-electron chi connectivity index (χ3n) is 7.12. The van der Waals surface area contributed by atoms with E-state index in [2.05, 4.69) is 41.0 Å². The predicted molar refractivity (Wildman–Crippen MR) is 150 cm³/mol. The van der Waals surface area contributed by atoms with Crippen molar-refractivity contribution in [3.63, 3.8) is 0 Å². The maximum absolute atomic E-state index is 13.1. The van der Waals surface area contributed by atoms with E-state index in [1.165, 1.54) is 0 Å². The molecule has 1 aliphatic rings. The molecule has 4 aromatic rings. The molecule has 1 saturated heterocycles. The Balaban J connectivity index is 1.36. The maximum atomic E-state index is 13.1. The molecule has 0 aliphatic carbocycles. The quantitative estimate of drug-likeness (QED) is 0.316. The Hall–Kier alpha value is -3.06. The lowest BCUT2D eigenvalue weighted by molar-refractivity contribution is 0.102. The second-order valence-corrected chi connectivity index (χ2v) is 10.5. The van der Waals surface area contributed by atoms with Crippen LogP contribution in [0.5, 0.6) is 0 Å². The third-order valence-corrected chi connectivity index (χ3v) is 7.66. The minimum atomic E-state index is -0.252. The normalized spacial score (nSPS) is 18.6. The lowest BCUT2D eigenvalue weighted by Crippen LogP contribution is -2.55. The summed E-state index contributed by atoms with van der Waals surface area (Å²) in [7, 11) is 2.16. The van der Waals surface area contributed by atoms with Crippen LogP contribution in [0.2, 0.25) is 10.0 Å². The number of aromatic nitrogens is 2. The highest BCUT2D eigenvalue weighted by atomic mass is 35.5. The smallest absolute Gasteiger partial charge is 0.257 e. The van der Waals surface area contributed by atoms with Gasteiger partial charge in [0.1, 0.15) is 5.82 Å². The van der Waals surface area contributed by atoms with Crippen LogP contribution in [-0.2, 0) is 0 Å². The van der Waals surface area contributed by atoms with Gasteiger partial charge in [0, 0.05) is 47.1 Å². The van der Waals surface area contributed by atoms with E-state index >= 15 is 0 Å². The fraction of sp³-hybridized carbons (Fsp3) is 0.286. The van der Waals surface area contributed by atoms with Crippen molar-refractivity contribution in [1.29, 1.82) is 0 Å². The number of hydrogen-bond donors (Lipinski definition) is 2. The second kappa shape index (κ2) is 9.77. The molecule has 1 amide bonds. The van der Waals surface area contributed by atoms with Crippen molar-refractivity contribution in [2.45, 2.75) is 32.9 Å². The summed E-state index contributed by atoms with van der Waals surface area (Å²) in [5.41, 5.74) is 5.78. The van der Waals surface area contributed by atoms with Gasteiger partial charge in [0.25, 0.3) is 5.91 Å². The fourth-order valence-corrected chi connectivity index (χ4v) is 5.20. The minimum absolute atomic E-state index is 0.252. The molecule has 0 unspecified atom stereocenters. The van der Waals surface area contributed by atoms with Crippen molar-refractivity contribution in [1.82, 2.24) is 14.9 Å². The van der Waals surface area contributed by atoms with Crippen molar-refractivity contribution in [2.75, 3.05) is 30.4 Å². The van der Waals surface area contributed by atoms with Gasteiger partial charge in [-0.25, -0.2) is 4.98 Å². The average molecular weight is 522 g/mol. The summed E-state index contributed by atoms with van der Waals surface area (Å²) >= 11 is 12.7. The minimum Gasteiger partial charge on any atom is -0.368 e. The van der Waals surface area contributed by atoms with Gasteiger partial charge in [0.05, 0.1) is 21.6 Å². The van der Waals surface area contributed by atoms with Gasteiger partial charge < -0.3 is 15.2 Å². The molecule has 186 valence electrons. The molecule has 0 spiro atoms. The topological polar surface area (TPSA) is 64.3 Å². The molecule has 0 bridgehead atoms. The van der Waals surface area contributed by atoms with Gasteiger partial charge >= 0.3 is 0 Å². The van der Waals surface area contributed by atoms with Crippen molar-refractivity contribution in [3.8, 4) is 11.4 Å². The number of halogens is 2. The zero-order valence-corrected chi connectivity index (χ0v) is 22.3. The van der Waals surface area contributed by atoms with Gasteiger partial charge in [-0.05, 0) is 81.9 Å². The molecule has 0 saturated carbocycles. The number of benzene rings is 3. The Morgan fingerprint density at radius 1 is 1.03 bits per heavy atom. The molecule has 0 radical (unpaired) electrons. The number of nitrogens with one attached hydrogen (secondary N) is 2. The van der Waals surface area contributed by atoms with Crippen LogP contribution in [0.1, 0.15) is 29.8 Å². The SMILES string of the molecule is Cc1ccc(NC(=O)c2ccc(N3C[C@@H](C)N(C)[C@@H](C)C3)cc2Cl)cc1-c1nc2ccc(Cl)cc2[nH]1. The van der Waals surface area contributed by atoms with E-state index in [9.17, 15) is 4.79 Å². The van der Waals surface area contributed by atoms with Crippen molar-refractivity contribution in [3.05, 3.63) is 75.8 Å². The molecule has 2 atom stereocenters. The molecular weight excluding hydrogens is 493 g/mol.